The van der Waals surface area contributed by atoms with E-state index in [1.165, 1.54) is 4.90 Å². The van der Waals surface area contributed by atoms with E-state index in [0.29, 0.717) is 17.9 Å². The van der Waals surface area contributed by atoms with Gasteiger partial charge >= 0.3 is 0 Å². The van der Waals surface area contributed by atoms with E-state index in [1.807, 2.05) is 36.4 Å². The Morgan fingerprint density at radius 1 is 1.13 bits per heavy atom. The van der Waals surface area contributed by atoms with Crippen molar-refractivity contribution in [2.45, 2.75) is 17.1 Å². The minimum absolute atomic E-state index is 0.0709. The summed E-state index contributed by atoms with van der Waals surface area (Å²) >= 11 is 1.79. The van der Waals surface area contributed by atoms with Gasteiger partial charge in [0.1, 0.15) is 0 Å². The molecule has 122 valence electrons. The van der Waals surface area contributed by atoms with Gasteiger partial charge in [-0.15, -0.1) is 11.8 Å². The fraction of sp³-hybridized carbons (Fsp3) is 0.278. The van der Waals surface area contributed by atoms with Crippen LogP contribution in [0.4, 0.5) is 0 Å². The van der Waals surface area contributed by atoms with Crippen molar-refractivity contribution in [3.63, 3.8) is 0 Å². The van der Waals surface area contributed by atoms with Crippen LogP contribution in [0.15, 0.2) is 59.5 Å². The van der Waals surface area contributed by atoms with Gasteiger partial charge in [-0.05, 0) is 42.0 Å². The van der Waals surface area contributed by atoms with Crippen LogP contribution in [0.2, 0.25) is 0 Å². The van der Waals surface area contributed by atoms with Crippen LogP contribution < -0.4 is 5.32 Å². The van der Waals surface area contributed by atoms with Crippen molar-refractivity contribution in [3.05, 3.63) is 65.7 Å². The normalized spacial score (nSPS) is 11.9. The average molecular weight is 348 g/mol. The summed E-state index contributed by atoms with van der Waals surface area (Å²) in [6, 6.07) is 17.6. The third-order valence-corrected chi connectivity index (χ3v) is 5.02. The molecule has 0 aliphatic heterocycles. The first-order chi connectivity index (χ1) is 11.1. The largest absolute Gasteiger partial charge is 0.352 e. The molecular formula is C18H21NO2S2. The molecule has 1 N–H and O–H groups in total. The van der Waals surface area contributed by atoms with Crippen molar-refractivity contribution < 1.29 is 9.00 Å². The van der Waals surface area contributed by atoms with Gasteiger partial charge in [-0.2, -0.15) is 0 Å². The summed E-state index contributed by atoms with van der Waals surface area (Å²) in [6.45, 7) is 0.655. The maximum atomic E-state index is 12.1. The number of amides is 1. The van der Waals surface area contributed by atoms with E-state index in [-0.39, 0.29) is 5.91 Å². The van der Waals surface area contributed by atoms with Crippen LogP contribution in [0.5, 0.6) is 0 Å². The summed E-state index contributed by atoms with van der Waals surface area (Å²) in [5.74, 6) is 1.38. The Hall–Kier alpha value is -1.59. The quantitative estimate of drug-likeness (QED) is 0.587. The zero-order chi connectivity index (χ0) is 16.5. The molecule has 1 atom stereocenters. The monoisotopic (exact) mass is 347 g/mol. The van der Waals surface area contributed by atoms with Gasteiger partial charge in [0, 0.05) is 39.8 Å². The number of carbonyl (C=O) groups excluding carboxylic acids is 1. The van der Waals surface area contributed by atoms with Crippen molar-refractivity contribution >= 4 is 28.5 Å². The number of hydrogen-bond acceptors (Lipinski definition) is 3. The minimum atomic E-state index is -0.899. The maximum Gasteiger partial charge on any atom is 0.251 e. The fourth-order valence-corrected chi connectivity index (χ4v) is 3.64. The zero-order valence-electron chi connectivity index (χ0n) is 13.2. The van der Waals surface area contributed by atoms with E-state index >= 15 is 0 Å². The van der Waals surface area contributed by atoms with Crippen LogP contribution in [0.3, 0.4) is 0 Å². The molecule has 0 fully saturated rings. The first-order valence-electron chi connectivity index (χ1n) is 7.50. The second-order valence-electron chi connectivity index (χ2n) is 5.19. The molecule has 0 aliphatic carbocycles. The third-order valence-electron chi connectivity index (χ3n) is 3.18. The topological polar surface area (TPSA) is 46.2 Å². The van der Waals surface area contributed by atoms with Crippen LogP contribution in [-0.2, 0) is 16.6 Å². The lowest BCUT2D eigenvalue weighted by Gasteiger charge is -2.07. The Morgan fingerprint density at radius 3 is 2.65 bits per heavy atom. The Labute approximate surface area is 144 Å². The summed E-state index contributed by atoms with van der Waals surface area (Å²) in [7, 11) is -0.899. The van der Waals surface area contributed by atoms with Crippen molar-refractivity contribution in [2.75, 3.05) is 18.6 Å². The predicted octanol–water partition coefficient (Wildman–Crippen LogP) is 3.48. The number of carbonyl (C=O) groups is 1. The molecule has 0 bridgehead atoms. The fourth-order valence-electron chi connectivity index (χ4n) is 2.12. The van der Waals surface area contributed by atoms with Gasteiger partial charge in [0.2, 0.25) is 0 Å². The molecule has 2 aromatic rings. The summed E-state index contributed by atoms with van der Waals surface area (Å²) in [5.41, 5.74) is 1.56. The lowest BCUT2D eigenvalue weighted by atomic mass is 10.1. The van der Waals surface area contributed by atoms with E-state index in [4.69, 9.17) is 0 Å². The molecule has 1 unspecified atom stereocenters. The highest BCUT2D eigenvalue weighted by atomic mass is 32.2. The molecule has 2 rings (SSSR count). The van der Waals surface area contributed by atoms with Gasteiger partial charge in [-0.25, -0.2) is 0 Å². The molecular weight excluding hydrogens is 326 g/mol. The number of hydrogen-bond donors (Lipinski definition) is 1. The van der Waals surface area contributed by atoms with Crippen molar-refractivity contribution in [1.29, 1.82) is 0 Å². The van der Waals surface area contributed by atoms with Crippen LogP contribution >= 0.6 is 11.8 Å². The van der Waals surface area contributed by atoms with Crippen molar-refractivity contribution in [1.82, 2.24) is 5.32 Å². The van der Waals surface area contributed by atoms with Gasteiger partial charge < -0.3 is 5.32 Å². The molecule has 0 saturated heterocycles. The summed E-state index contributed by atoms with van der Waals surface area (Å²) in [4.78, 5) is 13.4. The lowest BCUT2D eigenvalue weighted by molar-refractivity contribution is 0.0953. The predicted molar refractivity (Wildman–Crippen MR) is 98.3 cm³/mol. The SMILES string of the molecule is CS(=O)Cc1cccc(C(=O)NCCCSc2ccccc2)c1. The molecule has 2 aromatic carbocycles. The second kappa shape index (κ2) is 9.53. The molecule has 0 radical (unpaired) electrons. The highest BCUT2D eigenvalue weighted by molar-refractivity contribution is 7.99. The van der Waals surface area contributed by atoms with E-state index in [2.05, 4.69) is 17.4 Å². The number of rotatable bonds is 8. The number of benzene rings is 2. The molecule has 0 aromatic heterocycles. The Bertz CT molecular complexity index is 659. The van der Waals surface area contributed by atoms with E-state index in [9.17, 15) is 9.00 Å². The van der Waals surface area contributed by atoms with Gasteiger partial charge in [-0.1, -0.05) is 30.3 Å². The maximum absolute atomic E-state index is 12.1. The summed E-state index contributed by atoms with van der Waals surface area (Å²) in [6.07, 6.45) is 2.58. The average Bonchev–Trinajstić information content (AvgIpc) is 2.55. The van der Waals surface area contributed by atoms with Gasteiger partial charge in [0.25, 0.3) is 5.91 Å². The summed E-state index contributed by atoms with van der Waals surface area (Å²) < 4.78 is 11.3. The molecule has 0 saturated carbocycles. The highest BCUT2D eigenvalue weighted by Gasteiger charge is 2.06. The Morgan fingerprint density at radius 2 is 1.91 bits per heavy atom. The van der Waals surface area contributed by atoms with Crippen LogP contribution in [0, 0.1) is 0 Å². The highest BCUT2D eigenvalue weighted by Crippen LogP contribution is 2.17. The lowest BCUT2D eigenvalue weighted by Crippen LogP contribution is -2.24. The molecule has 3 nitrogen and oxygen atoms in total. The Balaban J connectivity index is 1.73. The van der Waals surface area contributed by atoms with Crippen molar-refractivity contribution in [3.8, 4) is 0 Å². The van der Waals surface area contributed by atoms with Crippen LogP contribution in [0.25, 0.3) is 0 Å². The standard InChI is InChI=1S/C18H21NO2S2/c1-23(21)14-15-7-5-8-16(13-15)18(20)19-11-6-12-22-17-9-3-2-4-10-17/h2-5,7-10,13H,6,11-12,14H2,1H3,(H,19,20). The molecule has 23 heavy (non-hydrogen) atoms. The molecule has 5 heteroatoms. The van der Waals surface area contributed by atoms with Crippen LogP contribution in [-0.4, -0.2) is 28.7 Å². The first-order valence-corrected chi connectivity index (χ1v) is 10.2. The van der Waals surface area contributed by atoms with Crippen LogP contribution in [0.1, 0.15) is 22.3 Å². The van der Waals surface area contributed by atoms with Gasteiger partial charge in [0.05, 0.1) is 0 Å². The molecule has 0 spiro atoms. The van der Waals surface area contributed by atoms with E-state index in [0.717, 1.165) is 17.7 Å². The van der Waals surface area contributed by atoms with E-state index in [1.54, 1.807) is 24.1 Å². The van der Waals surface area contributed by atoms with Crippen molar-refractivity contribution in [2.24, 2.45) is 0 Å². The zero-order valence-corrected chi connectivity index (χ0v) is 14.8. The van der Waals surface area contributed by atoms with Gasteiger partial charge in [0.15, 0.2) is 0 Å². The minimum Gasteiger partial charge on any atom is -0.352 e. The van der Waals surface area contributed by atoms with Gasteiger partial charge in [-0.3, -0.25) is 9.00 Å². The smallest absolute Gasteiger partial charge is 0.251 e. The Kier molecular flexibility index (Phi) is 7.36. The first kappa shape index (κ1) is 17.8. The number of thioether (sulfide) groups is 1. The molecule has 0 aliphatic rings. The second-order valence-corrected chi connectivity index (χ2v) is 7.79. The molecule has 1 amide bonds. The molecule has 0 heterocycles. The number of nitrogens with one attached hydrogen (secondary N) is 1. The van der Waals surface area contributed by atoms with E-state index < -0.39 is 10.8 Å². The summed E-state index contributed by atoms with van der Waals surface area (Å²) in [5, 5.41) is 2.94. The third kappa shape index (κ3) is 6.59.